The lowest BCUT2D eigenvalue weighted by molar-refractivity contribution is -0.144. The van der Waals surface area contributed by atoms with Crippen LogP contribution in [0.1, 0.15) is 58.1 Å². The summed E-state index contributed by atoms with van der Waals surface area (Å²) in [5, 5.41) is 13.2. The number of amides is 5. The molecule has 11 nitrogen and oxygen atoms in total. The molecule has 5 amide bonds. The fourth-order valence-corrected chi connectivity index (χ4v) is 4.54. The Hall–Kier alpha value is -4.10. The van der Waals surface area contributed by atoms with Gasteiger partial charge in [-0.1, -0.05) is 52.0 Å². The number of halogens is 3. The Labute approximate surface area is 255 Å². The maximum absolute atomic E-state index is 13.4. The number of alkyl halides is 3. The smallest absolute Gasteiger partial charge is 0.416 e. The number of nitrogens with one attached hydrogen (secondary N) is 5. The Morgan fingerprint density at radius 2 is 1.68 bits per heavy atom. The van der Waals surface area contributed by atoms with Gasteiger partial charge in [-0.25, -0.2) is 9.59 Å². The zero-order valence-corrected chi connectivity index (χ0v) is 25.5. The van der Waals surface area contributed by atoms with Gasteiger partial charge in [-0.2, -0.15) is 13.2 Å². The minimum absolute atomic E-state index is 0.0480. The van der Waals surface area contributed by atoms with Crippen molar-refractivity contribution in [2.24, 2.45) is 11.8 Å². The van der Waals surface area contributed by atoms with E-state index < -0.39 is 71.5 Å². The molecular formula is C30H42F3N5O6. The van der Waals surface area contributed by atoms with Gasteiger partial charge in [0.05, 0.1) is 18.7 Å². The summed E-state index contributed by atoms with van der Waals surface area (Å²) in [6.45, 7) is 7.15. The highest BCUT2D eigenvalue weighted by Gasteiger charge is 2.33. The fourth-order valence-electron chi connectivity index (χ4n) is 4.54. The van der Waals surface area contributed by atoms with Crippen LogP contribution in [0.2, 0.25) is 0 Å². The molecule has 1 aromatic rings. The molecule has 14 heteroatoms. The van der Waals surface area contributed by atoms with Crippen molar-refractivity contribution in [3.8, 4) is 0 Å². The third kappa shape index (κ3) is 11.5. The largest absolute Gasteiger partial charge is 0.467 e. The maximum Gasteiger partial charge on any atom is 0.416 e. The lowest BCUT2D eigenvalue weighted by Gasteiger charge is -2.28. The fraction of sp³-hybridized carbons (Fsp3) is 0.567. The number of methoxy groups -OCH3 is 1. The third-order valence-electron chi connectivity index (χ3n) is 7.01. The highest BCUT2D eigenvalue weighted by atomic mass is 19.4. The second-order valence-corrected chi connectivity index (χ2v) is 11.3. The summed E-state index contributed by atoms with van der Waals surface area (Å²) < 4.78 is 44.5. The second-order valence-electron chi connectivity index (χ2n) is 11.3. The van der Waals surface area contributed by atoms with E-state index in [2.05, 4.69) is 26.6 Å². The first kappa shape index (κ1) is 36.1. The van der Waals surface area contributed by atoms with Crippen molar-refractivity contribution >= 4 is 29.7 Å². The highest BCUT2D eigenvalue weighted by Crippen LogP contribution is 2.29. The zero-order chi connectivity index (χ0) is 33.0. The SMILES string of the molecule is COC(=O)[C@@H](NC(=O)N[C@H](C(=O)N[C@H]1CCCCNC(=O)/C=C\[C@H](Cc2cccc(C(F)(F)F)c2)NC1=O)C(C)C)C(C)C. The summed E-state index contributed by atoms with van der Waals surface area (Å²) >= 11 is 0. The summed E-state index contributed by atoms with van der Waals surface area (Å²) in [4.78, 5) is 63.8. The minimum Gasteiger partial charge on any atom is -0.467 e. The van der Waals surface area contributed by atoms with E-state index in [1.165, 1.54) is 31.4 Å². The van der Waals surface area contributed by atoms with Crippen molar-refractivity contribution in [2.45, 2.75) is 83.7 Å². The predicted octanol–water partition coefficient (Wildman–Crippen LogP) is 2.60. The van der Waals surface area contributed by atoms with Crippen molar-refractivity contribution in [3.05, 3.63) is 47.5 Å². The predicted molar refractivity (Wildman–Crippen MR) is 156 cm³/mol. The molecule has 0 aromatic heterocycles. The molecule has 1 heterocycles. The molecule has 0 fully saturated rings. The summed E-state index contributed by atoms with van der Waals surface area (Å²) in [6, 6.07) is -0.0410. The molecule has 0 saturated heterocycles. The highest BCUT2D eigenvalue weighted by molar-refractivity contribution is 5.93. The molecule has 0 unspecified atom stereocenters. The molecule has 1 aromatic carbocycles. The van der Waals surface area contributed by atoms with E-state index in [-0.39, 0.29) is 24.3 Å². The van der Waals surface area contributed by atoms with Gasteiger partial charge in [0.15, 0.2) is 0 Å². The zero-order valence-electron chi connectivity index (χ0n) is 25.5. The van der Waals surface area contributed by atoms with E-state index in [1.54, 1.807) is 27.7 Å². The molecular weight excluding hydrogens is 583 g/mol. The Morgan fingerprint density at radius 3 is 2.30 bits per heavy atom. The summed E-state index contributed by atoms with van der Waals surface area (Å²) in [6.07, 6.45) is -0.825. The number of benzene rings is 1. The van der Waals surface area contributed by atoms with Gasteiger partial charge in [0.25, 0.3) is 0 Å². The Kier molecular flexibility index (Phi) is 13.7. The number of carbonyl (C=O) groups excluding carboxylic acids is 5. The van der Waals surface area contributed by atoms with Crippen LogP contribution in [0.15, 0.2) is 36.4 Å². The van der Waals surface area contributed by atoms with Crippen LogP contribution in [0.5, 0.6) is 0 Å². The van der Waals surface area contributed by atoms with Crippen LogP contribution in [0.3, 0.4) is 0 Å². The van der Waals surface area contributed by atoms with E-state index in [9.17, 15) is 37.1 Å². The molecule has 1 aliphatic rings. The molecule has 0 aliphatic carbocycles. The Bertz CT molecular complexity index is 1200. The molecule has 0 radical (unpaired) electrons. The second kappa shape index (κ2) is 16.7. The molecule has 1 aliphatic heterocycles. The van der Waals surface area contributed by atoms with E-state index in [0.717, 1.165) is 12.1 Å². The average Bonchev–Trinajstić information content (AvgIpc) is 2.94. The number of esters is 1. The topological polar surface area (TPSA) is 155 Å². The number of hydrogen-bond acceptors (Lipinski definition) is 6. The first-order valence-corrected chi connectivity index (χ1v) is 14.5. The molecule has 44 heavy (non-hydrogen) atoms. The Morgan fingerprint density at radius 1 is 1.02 bits per heavy atom. The molecule has 2 rings (SSSR count). The van der Waals surface area contributed by atoms with Gasteiger partial charge in [-0.3, -0.25) is 14.4 Å². The van der Waals surface area contributed by atoms with Gasteiger partial charge >= 0.3 is 18.2 Å². The van der Waals surface area contributed by atoms with Gasteiger partial charge in [-0.15, -0.1) is 0 Å². The van der Waals surface area contributed by atoms with E-state index in [1.807, 2.05) is 0 Å². The van der Waals surface area contributed by atoms with Crippen LogP contribution in [0, 0.1) is 11.8 Å². The van der Waals surface area contributed by atoms with Crippen LogP contribution in [-0.4, -0.2) is 67.5 Å². The maximum atomic E-state index is 13.4. The third-order valence-corrected chi connectivity index (χ3v) is 7.01. The van der Waals surface area contributed by atoms with Gasteiger partial charge in [0, 0.05) is 12.6 Å². The Balaban J connectivity index is 2.23. The number of urea groups is 1. The number of ether oxygens (including phenoxy) is 1. The summed E-state index contributed by atoms with van der Waals surface area (Å²) in [5.74, 6) is -2.98. The normalized spacial score (nSPS) is 20.2. The van der Waals surface area contributed by atoms with Crippen LogP contribution < -0.4 is 26.6 Å². The molecule has 244 valence electrons. The van der Waals surface area contributed by atoms with Crippen LogP contribution >= 0.6 is 0 Å². The van der Waals surface area contributed by atoms with Gasteiger partial charge in [0.2, 0.25) is 17.7 Å². The van der Waals surface area contributed by atoms with Crippen molar-refractivity contribution < 1.29 is 41.9 Å². The van der Waals surface area contributed by atoms with Crippen molar-refractivity contribution in [2.75, 3.05) is 13.7 Å². The molecule has 0 saturated carbocycles. The van der Waals surface area contributed by atoms with E-state index in [0.29, 0.717) is 19.4 Å². The molecule has 0 bridgehead atoms. The lowest BCUT2D eigenvalue weighted by atomic mass is 10.00. The average molecular weight is 626 g/mol. The van der Waals surface area contributed by atoms with Crippen molar-refractivity contribution in [3.63, 3.8) is 0 Å². The quantitative estimate of drug-likeness (QED) is 0.266. The lowest BCUT2D eigenvalue weighted by Crippen LogP contribution is -2.59. The van der Waals surface area contributed by atoms with Crippen LogP contribution in [0.4, 0.5) is 18.0 Å². The molecule has 0 spiro atoms. The first-order valence-electron chi connectivity index (χ1n) is 14.5. The monoisotopic (exact) mass is 625 g/mol. The van der Waals surface area contributed by atoms with Gasteiger partial charge in [-0.05, 0) is 49.1 Å². The van der Waals surface area contributed by atoms with Crippen molar-refractivity contribution in [1.82, 2.24) is 26.6 Å². The minimum atomic E-state index is -4.55. The number of hydrogen-bond donors (Lipinski definition) is 5. The summed E-state index contributed by atoms with van der Waals surface area (Å²) in [7, 11) is 1.20. The standard InChI is InChI=1S/C30H42F3N5O6/c1-17(2)24(37-29(43)38-25(18(3)4)28(42)44-5)27(41)36-22-11-6-7-14-34-23(39)13-12-21(35-26(22)40)16-19-9-8-10-20(15-19)30(31,32)33/h8-10,12-13,15,17-18,21-22,24-25H,6-7,11,14,16H2,1-5H3,(H,34,39)(H,35,40)(H,36,41)(H2,37,38,43)/b13-12-/t21-,22+,24+,25+/m1/s1. The summed E-state index contributed by atoms with van der Waals surface area (Å²) in [5.41, 5.74) is -0.562. The first-order chi connectivity index (χ1) is 20.6. The number of carbonyl (C=O) groups is 5. The van der Waals surface area contributed by atoms with E-state index >= 15 is 0 Å². The van der Waals surface area contributed by atoms with Gasteiger partial charge in [0.1, 0.15) is 18.1 Å². The van der Waals surface area contributed by atoms with Gasteiger partial charge < -0.3 is 31.3 Å². The molecule has 4 atom stereocenters. The number of rotatable bonds is 9. The van der Waals surface area contributed by atoms with Crippen molar-refractivity contribution in [1.29, 1.82) is 0 Å². The van der Waals surface area contributed by atoms with Crippen LogP contribution in [0.25, 0.3) is 0 Å². The molecule has 5 N–H and O–H groups in total. The van der Waals surface area contributed by atoms with E-state index in [4.69, 9.17) is 4.74 Å². The van der Waals surface area contributed by atoms with Crippen LogP contribution in [-0.2, 0) is 36.5 Å².